The molecule has 10 nitrogen and oxygen atoms in total. The van der Waals surface area contributed by atoms with E-state index < -0.39 is 61.5 Å². The first-order valence-electron chi connectivity index (χ1n) is 30.5. The second kappa shape index (κ2) is 50.1. The van der Waals surface area contributed by atoms with Crippen LogP contribution in [0.15, 0.2) is 12.2 Å². The van der Waals surface area contributed by atoms with E-state index in [1.807, 2.05) is 0 Å². The molecule has 0 aliphatic carbocycles. The van der Waals surface area contributed by atoms with E-state index in [1.54, 1.807) is 0 Å². The Balaban J connectivity index is 2.16. The van der Waals surface area contributed by atoms with Crippen molar-refractivity contribution in [1.29, 1.82) is 0 Å². The van der Waals surface area contributed by atoms with E-state index in [2.05, 4.69) is 31.3 Å². The number of rotatable bonds is 53. The van der Waals surface area contributed by atoms with Crippen molar-refractivity contribution in [3.05, 3.63) is 12.2 Å². The molecule has 8 atom stereocenters. The average molecular weight is 997 g/mol. The van der Waals surface area contributed by atoms with Crippen molar-refractivity contribution in [2.24, 2.45) is 0 Å². The molecule has 70 heavy (non-hydrogen) atoms. The van der Waals surface area contributed by atoms with Crippen LogP contribution >= 0.6 is 0 Å². The summed E-state index contributed by atoms with van der Waals surface area (Å²) in [5.41, 5.74) is 0. The molecule has 0 saturated carbocycles. The minimum absolute atomic E-state index is 0.251. The largest absolute Gasteiger partial charge is 0.394 e. The molecule has 8 unspecified atom stereocenters. The first-order valence-corrected chi connectivity index (χ1v) is 30.5. The maximum Gasteiger partial charge on any atom is 0.249 e. The van der Waals surface area contributed by atoms with Crippen molar-refractivity contribution in [2.75, 3.05) is 13.2 Å². The zero-order valence-electron chi connectivity index (χ0n) is 45.9. The molecule has 0 aromatic rings. The fourth-order valence-electron chi connectivity index (χ4n) is 10.0. The number of hydrogen-bond donors (Lipinski definition) is 7. The van der Waals surface area contributed by atoms with Crippen molar-refractivity contribution in [1.82, 2.24) is 5.32 Å². The standard InChI is InChI=1S/C60H117NO9/c1-3-5-7-9-11-13-15-17-19-20-21-22-23-24-25-26-27-28-29-30-31-32-33-35-37-39-41-43-45-47-49-54(64)59(68)61-52(51-69-60-58(67)57(66)56(65)55(50-62)70-60)53(63)48-46-44-42-40-38-36-34-18-16-14-12-10-8-6-4-2/h24-25,52-58,60,62-67H,3-23,26-51H2,1-2H3,(H,61,68)/b25-24-. The predicted molar refractivity (Wildman–Crippen MR) is 292 cm³/mol. The van der Waals surface area contributed by atoms with Gasteiger partial charge in [0.15, 0.2) is 6.29 Å². The zero-order chi connectivity index (χ0) is 51.0. The lowest BCUT2D eigenvalue weighted by Crippen LogP contribution is -2.60. The third-order valence-corrected chi connectivity index (χ3v) is 15.0. The van der Waals surface area contributed by atoms with Gasteiger partial charge in [-0.2, -0.15) is 0 Å². The molecular formula is C60H117NO9. The van der Waals surface area contributed by atoms with E-state index in [4.69, 9.17) is 9.47 Å². The zero-order valence-corrected chi connectivity index (χ0v) is 45.9. The van der Waals surface area contributed by atoms with Crippen molar-refractivity contribution >= 4 is 5.91 Å². The van der Waals surface area contributed by atoms with Crippen LogP contribution < -0.4 is 5.32 Å². The normalized spacial score (nSPS) is 19.8. The Morgan fingerprint density at radius 3 is 1.16 bits per heavy atom. The van der Waals surface area contributed by atoms with Crippen LogP contribution in [0.25, 0.3) is 0 Å². The summed E-state index contributed by atoms with van der Waals surface area (Å²) < 4.78 is 11.2. The van der Waals surface area contributed by atoms with E-state index in [0.717, 1.165) is 44.9 Å². The van der Waals surface area contributed by atoms with Crippen LogP contribution in [0.5, 0.6) is 0 Å². The summed E-state index contributed by atoms with van der Waals surface area (Å²) in [7, 11) is 0. The highest BCUT2D eigenvalue weighted by atomic mass is 16.7. The molecule has 1 fully saturated rings. The highest BCUT2D eigenvalue weighted by molar-refractivity contribution is 5.80. The van der Waals surface area contributed by atoms with E-state index in [-0.39, 0.29) is 6.61 Å². The predicted octanol–water partition coefficient (Wildman–Crippen LogP) is 14.2. The van der Waals surface area contributed by atoms with Gasteiger partial charge < -0.3 is 45.4 Å². The molecule has 0 radical (unpaired) electrons. The number of hydrogen-bond acceptors (Lipinski definition) is 9. The van der Waals surface area contributed by atoms with Crippen LogP contribution in [0.1, 0.15) is 303 Å². The number of ether oxygens (including phenoxy) is 2. The van der Waals surface area contributed by atoms with E-state index in [1.165, 1.54) is 231 Å². The fraction of sp³-hybridized carbons (Fsp3) is 0.950. The van der Waals surface area contributed by atoms with Crippen LogP contribution in [0.2, 0.25) is 0 Å². The van der Waals surface area contributed by atoms with Gasteiger partial charge in [-0.3, -0.25) is 4.79 Å². The number of allylic oxidation sites excluding steroid dienone is 2. The maximum atomic E-state index is 13.2. The number of amides is 1. The smallest absolute Gasteiger partial charge is 0.249 e. The Bertz CT molecular complexity index is 1130. The summed E-state index contributed by atoms with van der Waals surface area (Å²) >= 11 is 0. The van der Waals surface area contributed by atoms with Gasteiger partial charge in [-0.25, -0.2) is 0 Å². The fourth-order valence-corrected chi connectivity index (χ4v) is 10.0. The lowest BCUT2D eigenvalue weighted by molar-refractivity contribution is -0.302. The van der Waals surface area contributed by atoms with Gasteiger partial charge in [-0.15, -0.1) is 0 Å². The molecule has 1 aliphatic rings. The molecule has 1 aliphatic heterocycles. The average Bonchev–Trinajstić information content (AvgIpc) is 3.36. The van der Waals surface area contributed by atoms with E-state index >= 15 is 0 Å². The third-order valence-electron chi connectivity index (χ3n) is 15.0. The summed E-state index contributed by atoms with van der Waals surface area (Å²) in [4.78, 5) is 13.2. The Morgan fingerprint density at radius 2 is 0.800 bits per heavy atom. The van der Waals surface area contributed by atoms with Crippen LogP contribution in [0.3, 0.4) is 0 Å². The van der Waals surface area contributed by atoms with Crippen molar-refractivity contribution in [3.63, 3.8) is 0 Å². The number of carbonyl (C=O) groups excluding carboxylic acids is 1. The molecule has 0 aromatic heterocycles. The van der Waals surface area contributed by atoms with Crippen LogP contribution in [-0.4, -0.2) is 98.7 Å². The van der Waals surface area contributed by atoms with Gasteiger partial charge >= 0.3 is 0 Å². The topological polar surface area (TPSA) is 169 Å². The monoisotopic (exact) mass is 996 g/mol. The molecular weight excluding hydrogens is 879 g/mol. The Labute approximate surface area is 431 Å². The molecule has 0 aromatic carbocycles. The summed E-state index contributed by atoms with van der Waals surface area (Å²) in [6, 6.07) is -0.891. The third kappa shape index (κ3) is 38.5. The van der Waals surface area contributed by atoms with Crippen molar-refractivity contribution in [2.45, 2.75) is 352 Å². The molecule has 10 heteroatoms. The van der Waals surface area contributed by atoms with Crippen LogP contribution in [-0.2, 0) is 14.3 Å². The summed E-state index contributed by atoms with van der Waals surface area (Å²) in [6.07, 6.45) is 51.5. The molecule has 1 rings (SSSR count). The highest BCUT2D eigenvalue weighted by Crippen LogP contribution is 2.23. The molecule has 1 heterocycles. The number of unbranched alkanes of at least 4 members (excludes halogenated alkanes) is 40. The van der Waals surface area contributed by atoms with Gasteiger partial charge in [0.2, 0.25) is 5.91 Å². The molecule has 1 amide bonds. The molecule has 416 valence electrons. The van der Waals surface area contributed by atoms with Gasteiger partial charge in [-0.05, 0) is 38.5 Å². The van der Waals surface area contributed by atoms with Gasteiger partial charge in [0.05, 0.1) is 25.4 Å². The number of carbonyl (C=O) groups is 1. The summed E-state index contributed by atoms with van der Waals surface area (Å²) in [6.45, 7) is 3.71. The lowest BCUT2D eigenvalue weighted by Gasteiger charge is -2.40. The Kier molecular flexibility index (Phi) is 47.9. The first-order chi connectivity index (χ1) is 34.3. The minimum Gasteiger partial charge on any atom is -0.394 e. The number of aliphatic hydroxyl groups is 6. The second-order valence-corrected chi connectivity index (χ2v) is 21.6. The van der Waals surface area contributed by atoms with Crippen molar-refractivity contribution in [3.8, 4) is 0 Å². The van der Waals surface area contributed by atoms with E-state index in [0.29, 0.717) is 12.8 Å². The van der Waals surface area contributed by atoms with Gasteiger partial charge in [0.1, 0.15) is 30.5 Å². The second-order valence-electron chi connectivity index (χ2n) is 21.6. The first kappa shape index (κ1) is 66.9. The molecule has 0 bridgehead atoms. The molecule has 1 saturated heterocycles. The van der Waals surface area contributed by atoms with Gasteiger partial charge in [0.25, 0.3) is 0 Å². The summed E-state index contributed by atoms with van der Waals surface area (Å²) in [5, 5.41) is 65.2. The highest BCUT2D eigenvalue weighted by Gasteiger charge is 2.44. The van der Waals surface area contributed by atoms with Gasteiger partial charge in [0, 0.05) is 0 Å². The van der Waals surface area contributed by atoms with Crippen LogP contribution in [0.4, 0.5) is 0 Å². The quantitative estimate of drug-likeness (QED) is 0.0232. The number of nitrogens with one attached hydrogen (secondary N) is 1. The van der Waals surface area contributed by atoms with Crippen molar-refractivity contribution < 1.29 is 44.9 Å². The molecule has 0 spiro atoms. The SMILES string of the molecule is CCCCCCCCCCCCCC/C=C\CCCCCCCCCCCCCCCCC(O)C(=O)NC(COC1OC(CO)C(O)C(O)C1O)C(O)CCCCCCCCCCCCCCCCC. The Hall–Kier alpha value is -1.11. The molecule has 7 N–H and O–H groups in total. The van der Waals surface area contributed by atoms with Crippen LogP contribution in [0, 0.1) is 0 Å². The Morgan fingerprint density at radius 1 is 0.471 bits per heavy atom. The van der Waals surface area contributed by atoms with E-state index in [9.17, 15) is 35.4 Å². The minimum atomic E-state index is -1.60. The maximum absolute atomic E-state index is 13.2. The van der Waals surface area contributed by atoms with Gasteiger partial charge in [-0.1, -0.05) is 276 Å². The number of aliphatic hydroxyl groups excluding tert-OH is 6. The summed E-state index contributed by atoms with van der Waals surface area (Å²) in [5.74, 6) is -0.578. The lowest BCUT2D eigenvalue weighted by atomic mass is 9.99.